The normalized spacial score (nSPS) is 14.6. The smallest absolute Gasteiger partial charge is 0.255 e. The number of carbonyl (C=O) groups is 1. The number of amides is 1. The van der Waals surface area contributed by atoms with Crippen molar-refractivity contribution in [2.24, 2.45) is 0 Å². The first-order valence-corrected chi connectivity index (χ1v) is 9.91. The van der Waals surface area contributed by atoms with Crippen LogP contribution in [0.15, 0.2) is 36.5 Å². The first kappa shape index (κ1) is 20.6. The van der Waals surface area contributed by atoms with Crippen LogP contribution in [0.5, 0.6) is 23.0 Å². The summed E-state index contributed by atoms with van der Waals surface area (Å²) in [6.45, 7) is 0. The lowest BCUT2D eigenvalue weighted by molar-refractivity contribution is 0.0937. The van der Waals surface area contributed by atoms with Gasteiger partial charge in [0.2, 0.25) is 0 Å². The number of hydrogen-bond acceptors (Lipinski definition) is 6. The summed E-state index contributed by atoms with van der Waals surface area (Å²) in [5, 5.41) is 10.2. The predicted molar refractivity (Wildman–Crippen MR) is 115 cm³/mol. The Balaban J connectivity index is 1.61. The van der Waals surface area contributed by atoms with Gasteiger partial charge in [0, 0.05) is 11.6 Å². The fourth-order valence-corrected chi connectivity index (χ4v) is 3.99. The van der Waals surface area contributed by atoms with E-state index >= 15 is 0 Å². The van der Waals surface area contributed by atoms with E-state index in [0.29, 0.717) is 34.3 Å². The SMILES string of the molecule is COc1ccc(-c2[nH]ncc2C(=O)N[C@@H]2CCc3cc(OC)c(OC)cc32)c(OC)c1. The molecule has 0 unspecified atom stereocenters. The van der Waals surface area contributed by atoms with Crippen molar-refractivity contribution >= 4 is 5.91 Å². The van der Waals surface area contributed by atoms with Crippen LogP contribution in [0.1, 0.15) is 33.9 Å². The maximum Gasteiger partial charge on any atom is 0.255 e. The summed E-state index contributed by atoms with van der Waals surface area (Å²) in [5.41, 5.74) is 3.94. The first-order chi connectivity index (χ1) is 15.1. The van der Waals surface area contributed by atoms with Crippen LogP contribution in [0.3, 0.4) is 0 Å². The largest absolute Gasteiger partial charge is 0.497 e. The number of carbonyl (C=O) groups excluding carboxylic acids is 1. The molecule has 1 atom stereocenters. The molecule has 3 aromatic rings. The number of H-pyrrole nitrogens is 1. The summed E-state index contributed by atoms with van der Waals surface area (Å²) in [7, 11) is 6.39. The van der Waals surface area contributed by atoms with Crippen molar-refractivity contribution in [2.75, 3.05) is 28.4 Å². The number of hydrogen-bond donors (Lipinski definition) is 2. The van der Waals surface area contributed by atoms with E-state index < -0.39 is 0 Å². The number of nitrogens with zero attached hydrogens (tertiary/aromatic N) is 1. The molecule has 2 aromatic carbocycles. The van der Waals surface area contributed by atoms with Crippen molar-refractivity contribution in [2.45, 2.75) is 18.9 Å². The monoisotopic (exact) mass is 423 g/mol. The molecule has 1 aliphatic carbocycles. The molecule has 0 bridgehead atoms. The van der Waals surface area contributed by atoms with Gasteiger partial charge >= 0.3 is 0 Å². The van der Waals surface area contributed by atoms with Gasteiger partial charge in [-0.15, -0.1) is 0 Å². The zero-order valence-electron chi connectivity index (χ0n) is 17.9. The molecule has 0 aliphatic heterocycles. The van der Waals surface area contributed by atoms with Crippen LogP contribution in [0.25, 0.3) is 11.3 Å². The van der Waals surface area contributed by atoms with Crippen molar-refractivity contribution in [3.05, 3.63) is 53.2 Å². The molecule has 2 N–H and O–H groups in total. The Morgan fingerprint density at radius 2 is 1.74 bits per heavy atom. The van der Waals surface area contributed by atoms with E-state index in [1.54, 1.807) is 34.5 Å². The Morgan fingerprint density at radius 3 is 2.45 bits per heavy atom. The molecule has 4 rings (SSSR count). The molecule has 0 fully saturated rings. The number of fused-ring (bicyclic) bond motifs is 1. The summed E-state index contributed by atoms with van der Waals surface area (Å²) >= 11 is 0. The Morgan fingerprint density at radius 1 is 1.00 bits per heavy atom. The van der Waals surface area contributed by atoms with Crippen molar-refractivity contribution in [1.82, 2.24) is 15.5 Å². The van der Waals surface area contributed by atoms with E-state index in [4.69, 9.17) is 18.9 Å². The molecule has 1 aliphatic rings. The number of nitrogens with one attached hydrogen (secondary N) is 2. The summed E-state index contributed by atoms with van der Waals surface area (Å²) in [4.78, 5) is 13.2. The third kappa shape index (κ3) is 3.76. The average Bonchev–Trinajstić information content (AvgIpc) is 3.44. The molecule has 162 valence electrons. The highest BCUT2D eigenvalue weighted by atomic mass is 16.5. The van der Waals surface area contributed by atoms with Gasteiger partial charge in [-0.05, 0) is 48.2 Å². The zero-order chi connectivity index (χ0) is 22.0. The summed E-state index contributed by atoms with van der Waals surface area (Å²) < 4.78 is 21.6. The highest BCUT2D eigenvalue weighted by Crippen LogP contribution is 2.40. The molecule has 0 saturated heterocycles. The maximum atomic E-state index is 13.2. The van der Waals surface area contributed by atoms with Crippen molar-refractivity contribution in [3.63, 3.8) is 0 Å². The third-order valence-electron chi connectivity index (χ3n) is 5.59. The first-order valence-electron chi connectivity index (χ1n) is 9.91. The summed E-state index contributed by atoms with van der Waals surface area (Å²) in [5.74, 6) is 2.37. The van der Waals surface area contributed by atoms with Gasteiger partial charge in [-0.2, -0.15) is 5.10 Å². The van der Waals surface area contributed by atoms with Crippen LogP contribution in [0.2, 0.25) is 0 Å². The fraction of sp³-hybridized carbons (Fsp3) is 0.304. The van der Waals surface area contributed by atoms with E-state index in [1.807, 2.05) is 24.3 Å². The lowest BCUT2D eigenvalue weighted by atomic mass is 10.0. The number of ether oxygens (including phenoxy) is 4. The minimum absolute atomic E-state index is 0.122. The average molecular weight is 423 g/mol. The molecule has 0 spiro atoms. The van der Waals surface area contributed by atoms with Gasteiger partial charge in [-0.25, -0.2) is 0 Å². The number of methoxy groups -OCH3 is 4. The van der Waals surface area contributed by atoms with Crippen molar-refractivity contribution in [3.8, 4) is 34.3 Å². The van der Waals surface area contributed by atoms with E-state index in [9.17, 15) is 4.79 Å². The molecular weight excluding hydrogens is 398 g/mol. The molecule has 0 radical (unpaired) electrons. The van der Waals surface area contributed by atoms with Gasteiger partial charge < -0.3 is 24.3 Å². The molecular formula is C23H25N3O5. The van der Waals surface area contributed by atoms with E-state index in [0.717, 1.165) is 29.5 Å². The molecule has 1 aromatic heterocycles. The second-order valence-electron chi connectivity index (χ2n) is 7.20. The predicted octanol–water partition coefficient (Wildman–Crippen LogP) is 3.53. The van der Waals surface area contributed by atoms with Crippen LogP contribution in [0.4, 0.5) is 0 Å². The van der Waals surface area contributed by atoms with Crippen LogP contribution >= 0.6 is 0 Å². The van der Waals surface area contributed by atoms with Gasteiger partial charge in [0.1, 0.15) is 11.5 Å². The quantitative estimate of drug-likeness (QED) is 0.604. The molecule has 1 amide bonds. The lowest BCUT2D eigenvalue weighted by Crippen LogP contribution is -2.27. The highest BCUT2D eigenvalue weighted by molar-refractivity contribution is 6.00. The zero-order valence-corrected chi connectivity index (χ0v) is 17.9. The molecule has 8 nitrogen and oxygen atoms in total. The lowest BCUT2D eigenvalue weighted by Gasteiger charge is -2.17. The molecule has 31 heavy (non-hydrogen) atoms. The van der Waals surface area contributed by atoms with Crippen LogP contribution in [0, 0.1) is 0 Å². The minimum atomic E-state index is -0.214. The second kappa shape index (κ2) is 8.59. The fourth-order valence-electron chi connectivity index (χ4n) is 3.99. The van der Waals surface area contributed by atoms with Crippen molar-refractivity contribution in [1.29, 1.82) is 0 Å². The van der Waals surface area contributed by atoms with Gasteiger partial charge in [0.25, 0.3) is 5.91 Å². The Kier molecular flexibility index (Phi) is 5.70. The van der Waals surface area contributed by atoms with Crippen LogP contribution < -0.4 is 24.3 Å². The number of aromatic nitrogens is 2. The van der Waals surface area contributed by atoms with E-state index in [-0.39, 0.29) is 11.9 Å². The van der Waals surface area contributed by atoms with E-state index in [1.165, 1.54) is 6.20 Å². The number of aryl methyl sites for hydroxylation is 1. The Labute approximate surface area is 180 Å². The summed E-state index contributed by atoms with van der Waals surface area (Å²) in [6.07, 6.45) is 3.18. The summed E-state index contributed by atoms with van der Waals surface area (Å²) in [6, 6.07) is 9.21. The Bertz CT molecular complexity index is 1110. The van der Waals surface area contributed by atoms with Crippen molar-refractivity contribution < 1.29 is 23.7 Å². The van der Waals surface area contributed by atoms with Gasteiger partial charge in [0.15, 0.2) is 11.5 Å². The van der Waals surface area contributed by atoms with Crippen LogP contribution in [-0.2, 0) is 6.42 Å². The maximum absolute atomic E-state index is 13.2. The highest BCUT2D eigenvalue weighted by Gasteiger charge is 2.28. The standard InChI is InChI=1S/C23H25N3O5/c1-28-14-6-7-15(19(10-14)29-2)22-17(12-24-26-22)23(27)25-18-8-5-13-9-20(30-3)21(31-4)11-16(13)18/h6-7,9-12,18H,5,8H2,1-4H3,(H,24,26)(H,25,27)/t18-/m1/s1. The molecule has 1 heterocycles. The van der Waals surface area contributed by atoms with Gasteiger partial charge in [-0.1, -0.05) is 0 Å². The molecule has 8 heteroatoms. The number of benzene rings is 2. The minimum Gasteiger partial charge on any atom is -0.497 e. The number of aromatic amines is 1. The third-order valence-corrected chi connectivity index (χ3v) is 5.59. The number of rotatable bonds is 7. The second-order valence-corrected chi connectivity index (χ2v) is 7.20. The van der Waals surface area contributed by atoms with E-state index in [2.05, 4.69) is 15.5 Å². The van der Waals surface area contributed by atoms with Crippen LogP contribution in [-0.4, -0.2) is 44.5 Å². The molecule has 0 saturated carbocycles. The van der Waals surface area contributed by atoms with Gasteiger partial charge in [0.05, 0.1) is 51.9 Å². The van der Waals surface area contributed by atoms with Gasteiger partial charge in [-0.3, -0.25) is 9.89 Å². The Hall–Kier alpha value is -3.68. The topological polar surface area (TPSA) is 94.7 Å².